The fourth-order valence-corrected chi connectivity index (χ4v) is 3.99. The molecule has 0 unspecified atom stereocenters. The van der Waals surface area contributed by atoms with Crippen LogP contribution in [0.3, 0.4) is 0 Å². The molecule has 1 aliphatic heterocycles. The summed E-state index contributed by atoms with van der Waals surface area (Å²) in [5.74, 6) is 0. The molecule has 3 rings (SSSR count). The number of thiazole rings is 1. The topological polar surface area (TPSA) is 37.2 Å². The molecule has 0 amide bonds. The lowest BCUT2D eigenvalue weighted by molar-refractivity contribution is 0.180. The average Bonchev–Trinajstić information content (AvgIpc) is 3.24. The number of aryl methyl sites for hydroxylation is 2. The van der Waals surface area contributed by atoms with Gasteiger partial charge in [-0.2, -0.15) is 0 Å². The zero-order chi connectivity index (χ0) is 16.9. The Morgan fingerprint density at radius 2 is 2.33 bits per heavy atom. The lowest BCUT2D eigenvalue weighted by atomic mass is 10.2. The summed E-state index contributed by atoms with van der Waals surface area (Å²) >= 11 is 1.66. The highest BCUT2D eigenvalue weighted by Crippen LogP contribution is 2.24. The Bertz CT molecular complexity index is 614. The maximum absolute atomic E-state index is 13.9. The van der Waals surface area contributed by atoms with Crippen LogP contribution in [0.25, 0.3) is 0 Å². The predicted molar refractivity (Wildman–Crippen MR) is 94.9 cm³/mol. The molecule has 1 saturated heterocycles. The van der Waals surface area contributed by atoms with Crippen LogP contribution >= 0.6 is 11.3 Å². The standard InChI is InChI=1S/C17H26FN5S/c1-14-20-16(12-24-14)10-23-9-15(18)8-17(23)11-21(2)5-3-6-22-7-4-19-13-22/h4,7,12-13,15,17H,3,5-6,8-11H2,1-2H3/t15-,17-/m0/s1. The van der Waals surface area contributed by atoms with Gasteiger partial charge in [0, 0.05) is 50.0 Å². The van der Waals surface area contributed by atoms with Crippen LogP contribution in [0.4, 0.5) is 4.39 Å². The van der Waals surface area contributed by atoms with Crippen molar-refractivity contribution in [1.82, 2.24) is 24.3 Å². The molecule has 0 aliphatic carbocycles. The highest BCUT2D eigenvalue weighted by Gasteiger charge is 2.32. The minimum atomic E-state index is -0.714. The fourth-order valence-electron chi connectivity index (χ4n) is 3.39. The van der Waals surface area contributed by atoms with Gasteiger partial charge in [0.05, 0.1) is 17.0 Å². The first-order valence-electron chi connectivity index (χ1n) is 8.53. The van der Waals surface area contributed by atoms with Gasteiger partial charge in [-0.25, -0.2) is 14.4 Å². The van der Waals surface area contributed by atoms with Gasteiger partial charge < -0.3 is 9.47 Å². The highest BCUT2D eigenvalue weighted by molar-refractivity contribution is 7.09. The molecule has 1 fully saturated rings. The Morgan fingerprint density at radius 3 is 3.04 bits per heavy atom. The van der Waals surface area contributed by atoms with E-state index in [1.807, 2.05) is 25.6 Å². The number of hydrogen-bond donors (Lipinski definition) is 0. The van der Waals surface area contributed by atoms with Crippen molar-refractivity contribution >= 4 is 11.3 Å². The number of rotatable bonds is 8. The molecule has 2 atom stereocenters. The first kappa shape index (κ1) is 17.5. The van der Waals surface area contributed by atoms with Gasteiger partial charge >= 0.3 is 0 Å². The van der Waals surface area contributed by atoms with Crippen LogP contribution in [0.5, 0.6) is 0 Å². The number of hydrogen-bond acceptors (Lipinski definition) is 5. The third kappa shape index (κ3) is 4.84. The summed E-state index contributed by atoms with van der Waals surface area (Å²) in [5, 5.41) is 3.17. The summed E-state index contributed by atoms with van der Waals surface area (Å²) in [5.41, 5.74) is 1.07. The molecule has 3 heterocycles. The number of imidazole rings is 1. The van der Waals surface area contributed by atoms with Crippen molar-refractivity contribution in [1.29, 1.82) is 0 Å². The lowest BCUT2D eigenvalue weighted by Gasteiger charge is -2.27. The lowest BCUT2D eigenvalue weighted by Crippen LogP contribution is -2.39. The van der Waals surface area contributed by atoms with Crippen molar-refractivity contribution in [2.24, 2.45) is 0 Å². The van der Waals surface area contributed by atoms with E-state index >= 15 is 0 Å². The van der Waals surface area contributed by atoms with Gasteiger partial charge in [-0.1, -0.05) is 0 Å². The molecule has 0 saturated carbocycles. The van der Waals surface area contributed by atoms with E-state index in [9.17, 15) is 4.39 Å². The fraction of sp³-hybridized carbons (Fsp3) is 0.647. The molecule has 24 heavy (non-hydrogen) atoms. The molecule has 0 aromatic carbocycles. The summed E-state index contributed by atoms with van der Waals surface area (Å²) in [6.45, 7) is 6.20. The van der Waals surface area contributed by atoms with Crippen LogP contribution < -0.4 is 0 Å². The molecule has 2 aromatic rings. The zero-order valence-electron chi connectivity index (χ0n) is 14.4. The Hall–Kier alpha value is -1.31. The van der Waals surface area contributed by atoms with Crippen molar-refractivity contribution < 1.29 is 4.39 Å². The van der Waals surface area contributed by atoms with Crippen LogP contribution in [-0.2, 0) is 13.1 Å². The minimum Gasteiger partial charge on any atom is -0.337 e. The number of alkyl halides is 1. The van der Waals surface area contributed by atoms with Gasteiger partial charge in [0.1, 0.15) is 6.17 Å². The van der Waals surface area contributed by atoms with Gasteiger partial charge in [0.25, 0.3) is 0 Å². The summed E-state index contributed by atoms with van der Waals surface area (Å²) in [6.07, 6.45) is 6.64. The van der Waals surface area contributed by atoms with E-state index in [1.165, 1.54) is 0 Å². The van der Waals surface area contributed by atoms with Crippen molar-refractivity contribution in [2.75, 3.05) is 26.7 Å². The van der Waals surface area contributed by atoms with Gasteiger partial charge in [0.15, 0.2) is 0 Å². The van der Waals surface area contributed by atoms with Crippen LogP contribution in [-0.4, -0.2) is 63.2 Å². The highest BCUT2D eigenvalue weighted by atomic mass is 32.1. The van der Waals surface area contributed by atoms with Crippen molar-refractivity contribution in [3.05, 3.63) is 34.8 Å². The van der Waals surface area contributed by atoms with Crippen LogP contribution in [0.1, 0.15) is 23.5 Å². The van der Waals surface area contributed by atoms with Gasteiger partial charge in [-0.15, -0.1) is 11.3 Å². The van der Waals surface area contributed by atoms with E-state index in [1.54, 1.807) is 11.3 Å². The minimum absolute atomic E-state index is 0.278. The van der Waals surface area contributed by atoms with E-state index < -0.39 is 6.17 Å². The second-order valence-electron chi connectivity index (χ2n) is 6.69. The normalized spacial score (nSPS) is 21.8. The third-order valence-corrected chi connectivity index (χ3v) is 5.37. The van der Waals surface area contributed by atoms with Crippen LogP contribution in [0.2, 0.25) is 0 Å². The second kappa shape index (κ2) is 8.18. The Kier molecular flexibility index (Phi) is 5.97. The molecular formula is C17H26FN5S. The zero-order valence-corrected chi connectivity index (χ0v) is 15.3. The molecule has 2 aromatic heterocycles. The summed E-state index contributed by atoms with van der Waals surface area (Å²) in [4.78, 5) is 13.2. The molecular weight excluding hydrogens is 325 g/mol. The first-order valence-corrected chi connectivity index (χ1v) is 9.41. The second-order valence-corrected chi connectivity index (χ2v) is 7.75. The Morgan fingerprint density at radius 1 is 1.46 bits per heavy atom. The van der Waals surface area contributed by atoms with Gasteiger partial charge in [0.2, 0.25) is 0 Å². The van der Waals surface area contributed by atoms with E-state index in [0.717, 1.165) is 43.3 Å². The maximum Gasteiger partial charge on any atom is 0.114 e. The smallest absolute Gasteiger partial charge is 0.114 e. The largest absolute Gasteiger partial charge is 0.337 e. The molecule has 5 nitrogen and oxygen atoms in total. The van der Waals surface area contributed by atoms with Gasteiger partial charge in [-0.3, -0.25) is 4.90 Å². The predicted octanol–water partition coefficient (Wildman–Crippen LogP) is 2.58. The summed E-state index contributed by atoms with van der Waals surface area (Å²) in [6, 6.07) is 0.278. The first-order chi connectivity index (χ1) is 11.6. The number of aromatic nitrogens is 3. The van der Waals surface area contributed by atoms with E-state index in [4.69, 9.17) is 0 Å². The van der Waals surface area contributed by atoms with Crippen molar-refractivity contribution in [3.63, 3.8) is 0 Å². The molecule has 0 spiro atoms. The summed E-state index contributed by atoms with van der Waals surface area (Å²) in [7, 11) is 2.13. The quantitative estimate of drug-likeness (QED) is 0.733. The summed E-state index contributed by atoms with van der Waals surface area (Å²) < 4.78 is 16.0. The maximum atomic E-state index is 13.9. The molecule has 132 valence electrons. The molecule has 0 bridgehead atoms. The average molecular weight is 351 g/mol. The number of likely N-dealkylation sites (N-methyl/N-ethyl adjacent to an activating group) is 1. The van der Waals surface area contributed by atoms with Crippen molar-refractivity contribution in [2.45, 2.75) is 45.1 Å². The molecule has 1 aliphatic rings. The number of halogens is 1. The van der Waals surface area contributed by atoms with E-state index in [-0.39, 0.29) is 6.04 Å². The van der Waals surface area contributed by atoms with E-state index in [0.29, 0.717) is 13.0 Å². The third-order valence-electron chi connectivity index (χ3n) is 4.55. The number of nitrogens with zero attached hydrogens (tertiary/aromatic N) is 5. The van der Waals surface area contributed by atoms with E-state index in [2.05, 4.69) is 36.8 Å². The van der Waals surface area contributed by atoms with Crippen molar-refractivity contribution in [3.8, 4) is 0 Å². The Labute approximate surface area is 147 Å². The molecule has 7 heteroatoms. The van der Waals surface area contributed by atoms with Crippen LogP contribution in [0.15, 0.2) is 24.1 Å². The molecule has 0 radical (unpaired) electrons. The SMILES string of the molecule is Cc1nc(CN2C[C@@H](F)C[C@H]2CN(C)CCCn2ccnc2)cs1. The Balaban J connectivity index is 1.46. The van der Waals surface area contributed by atoms with Crippen LogP contribution in [0, 0.1) is 6.92 Å². The monoisotopic (exact) mass is 351 g/mol. The van der Waals surface area contributed by atoms with Gasteiger partial charge in [-0.05, 0) is 33.4 Å². The molecule has 0 N–H and O–H groups in total. The number of likely N-dealkylation sites (tertiary alicyclic amines) is 1.